The fourth-order valence-corrected chi connectivity index (χ4v) is 1.21. The zero-order chi connectivity index (χ0) is 13.0. The van der Waals surface area contributed by atoms with Crippen molar-refractivity contribution in [2.45, 2.75) is 6.92 Å². The summed E-state index contributed by atoms with van der Waals surface area (Å²) >= 11 is 0. The Kier molecular flexibility index (Phi) is 3.62. The number of carbonyl (C=O) groups is 1. The summed E-state index contributed by atoms with van der Waals surface area (Å²) < 4.78 is 0. The highest BCUT2D eigenvalue weighted by atomic mass is 16.3. The summed E-state index contributed by atoms with van der Waals surface area (Å²) in [6.07, 6.45) is 1.30. The quantitative estimate of drug-likeness (QED) is 0.359. The second-order valence-electron chi connectivity index (χ2n) is 3.29. The Bertz CT molecular complexity index is 554. The Morgan fingerprint density at radius 1 is 1.53 bits per heavy atom. The molecule has 0 unspecified atom stereocenters. The zero-order valence-electron chi connectivity index (χ0n) is 9.14. The molecule has 0 aliphatic heterocycles. The van der Waals surface area contributed by atoms with Gasteiger partial charge in [-0.05, 0) is 37.4 Å². The summed E-state index contributed by atoms with van der Waals surface area (Å²) in [5.74, 6) is -1.16. The van der Waals surface area contributed by atoms with Crippen LogP contribution in [0.15, 0.2) is 22.7 Å². The molecule has 0 fully saturated rings. The molecule has 0 aliphatic carbocycles. The van der Waals surface area contributed by atoms with Crippen LogP contribution in [0, 0.1) is 11.3 Å². The highest BCUT2D eigenvalue weighted by Crippen LogP contribution is 2.36. The van der Waals surface area contributed by atoms with E-state index in [-0.39, 0.29) is 22.8 Å². The van der Waals surface area contributed by atoms with E-state index in [0.29, 0.717) is 5.56 Å². The lowest BCUT2D eigenvalue weighted by Gasteiger charge is -2.03. The van der Waals surface area contributed by atoms with Gasteiger partial charge in [-0.25, -0.2) is 0 Å². The van der Waals surface area contributed by atoms with E-state index in [1.807, 2.05) is 0 Å². The molecule has 5 heteroatoms. The van der Waals surface area contributed by atoms with Crippen molar-refractivity contribution in [2.75, 3.05) is 0 Å². The molecule has 2 N–H and O–H groups in total. The molecular formula is C12H10N2O3. The Balaban J connectivity index is 3.35. The van der Waals surface area contributed by atoms with Crippen LogP contribution >= 0.6 is 0 Å². The predicted molar refractivity (Wildman–Crippen MR) is 63.3 cm³/mol. The maximum atomic E-state index is 11.0. The molecule has 0 saturated heterocycles. The lowest BCUT2D eigenvalue weighted by molar-refractivity contribution is -0.113. The average Bonchev–Trinajstić information content (AvgIpc) is 2.29. The van der Waals surface area contributed by atoms with Crippen molar-refractivity contribution in [1.82, 2.24) is 0 Å². The van der Waals surface area contributed by atoms with Crippen molar-refractivity contribution in [2.24, 2.45) is 4.99 Å². The molecule has 86 valence electrons. The molecule has 5 nitrogen and oxygen atoms in total. The van der Waals surface area contributed by atoms with Gasteiger partial charge in [-0.1, -0.05) is 0 Å². The maximum absolute atomic E-state index is 11.0. The SMILES string of the molecule is C=Nc1cc(/C=C(\C#N)C(C)=O)cc(O)c1O. The van der Waals surface area contributed by atoms with Gasteiger partial charge in [0.25, 0.3) is 0 Å². The number of hydrogen-bond acceptors (Lipinski definition) is 5. The summed E-state index contributed by atoms with van der Waals surface area (Å²) in [5.41, 5.74) is 0.414. The van der Waals surface area contributed by atoms with Crippen LogP contribution in [0.25, 0.3) is 6.08 Å². The Morgan fingerprint density at radius 3 is 2.65 bits per heavy atom. The first kappa shape index (κ1) is 12.5. The van der Waals surface area contributed by atoms with Gasteiger partial charge in [-0.15, -0.1) is 0 Å². The molecule has 1 aromatic rings. The van der Waals surface area contributed by atoms with Gasteiger partial charge in [-0.2, -0.15) is 5.26 Å². The normalized spacial score (nSPS) is 10.7. The number of rotatable bonds is 3. The van der Waals surface area contributed by atoms with Crippen LogP contribution in [0.4, 0.5) is 5.69 Å². The van der Waals surface area contributed by atoms with Crippen LogP contribution in [-0.2, 0) is 4.79 Å². The molecular weight excluding hydrogens is 220 g/mol. The van der Waals surface area contributed by atoms with Crippen molar-refractivity contribution in [3.05, 3.63) is 23.3 Å². The largest absolute Gasteiger partial charge is 0.504 e. The van der Waals surface area contributed by atoms with Crippen molar-refractivity contribution >= 4 is 24.3 Å². The number of Topliss-reactive ketones (excluding diaryl/α,β-unsaturated/α-hetero) is 1. The van der Waals surface area contributed by atoms with Crippen LogP contribution < -0.4 is 0 Å². The van der Waals surface area contributed by atoms with Gasteiger partial charge in [0.15, 0.2) is 17.3 Å². The van der Waals surface area contributed by atoms with Crippen molar-refractivity contribution in [3.8, 4) is 17.6 Å². The van der Waals surface area contributed by atoms with Crippen molar-refractivity contribution < 1.29 is 15.0 Å². The molecule has 0 aromatic heterocycles. The molecule has 0 bridgehead atoms. The predicted octanol–water partition coefficient (Wildman–Crippen LogP) is 1.93. The number of phenols is 2. The van der Waals surface area contributed by atoms with Gasteiger partial charge in [0.2, 0.25) is 0 Å². The lowest BCUT2D eigenvalue weighted by atomic mass is 10.1. The number of allylic oxidation sites excluding steroid dienone is 1. The van der Waals surface area contributed by atoms with Crippen LogP contribution in [-0.4, -0.2) is 22.7 Å². The second kappa shape index (κ2) is 4.94. The third-order valence-electron chi connectivity index (χ3n) is 2.07. The molecule has 0 radical (unpaired) electrons. The molecule has 0 heterocycles. The smallest absolute Gasteiger partial charge is 0.183 e. The minimum absolute atomic E-state index is 0.0508. The van der Waals surface area contributed by atoms with E-state index in [0.717, 1.165) is 0 Å². The number of nitriles is 1. The van der Waals surface area contributed by atoms with Gasteiger partial charge in [0, 0.05) is 0 Å². The number of aromatic hydroxyl groups is 2. The Hall–Kier alpha value is -2.61. The van der Waals surface area contributed by atoms with E-state index in [9.17, 15) is 15.0 Å². The van der Waals surface area contributed by atoms with E-state index in [4.69, 9.17) is 5.26 Å². The third kappa shape index (κ3) is 2.69. The van der Waals surface area contributed by atoms with E-state index in [2.05, 4.69) is 11.7 Å². The summed E-state index contributed by atoms with van der Waals surface area (Å²) in [7, 11) is 0. The lowest BCUT2D eigenvalue weighted by Crippen LogP contribution is -1.92. The molecule has 0 aliphatic rings. The molecule has 0 atom stereocenters. The third-order valence-corrected chi connectivity index (χ3v) is 2.07. The first-order chi connectivity index (χ1) is 7.99. The summed E-state index contributed by atoms with van der Waals surface area (Å²) in [6.45, 7) is 4.50. The molecule has 1 rings (SSSR count). The number of hydrogen-bond donors (Lipinski definition) is 2. The topological polar surface area (TPSA) is 93.7 Å². The van der Waals surface area contributed by atoms with Crippen LogP contribution in [0.2, 0.25) is 0 Å². The van der Waals surface area contributed by atoms with Gasteiger partial charge in [0.05, 0.1) is 5.57 Å². The zero-order valence-corrected chi connectivity index (χ0v) is 9.14. The highest BCUT2D eigenvalue weighted by molar-refractivity contribution is 6.01. The molecule has 1 aromatic carbocycles. The minimum Gasteiger partial charge on any atom is -0.504 e. The van der Waals surface area contributed by atoms with Crippen molar-refractivity contribution in [3.63, 3.8) is 0 Å². The van der Waals surface area contributed by atoms with Crippen molar-refractivity contribution in [1.29, 1.82) is 5.26 Å². The number of aliphatic imine (C=N–C) groups is 1. The van der Waals surface area contributed by atoms with Crippen LogP contribution in [0.1, 0.15) is 12.5 Å². The standard InChI is InChI=1S/C12H10N2O3/c1-7(15)9(6-13)3-8-4-10(14-2)12(17)11(16)5-8/h3-5,16-17H,2H2,1H3/b9-3+. The fourth-order valence-electron chi connectivity index (χ4n) is 1.21. The van der Waals surface area contributed by atoms with E-state index >= 15 is 0 Å². The average molecular weight is 230 g/mol. The number of benzene rings is 1. The van der Waals surface area contributed by atoms with Gasteiger partial charge in [-0.3, -0.25) is 9.79 Å². The summed E-state index contributed by atoms with van der Waals surface area (Å²) in [5, 5.41) is 27.5. The number of nitrogens with zero attached hydrogens (tertiary/aromatic N) is 2. The first-order valence-corrected chi connectivity index (χ1v) is 4.65. The van der Waals surface area contributed by atoms with Crippen LogP contribution in [0.3, 0.4) is 0 Å². The Morgan fingerprint density at radius 2 is 2.18 bits per heavy atom. The minimum atomic E-state index is -0.390. The maximum Gasteiger partial charge on any atom is 0.183 e. The molecule has 0 saturated carbocycles. The second-order valence-corrected chi connectivity index (χ2v) is 3.29. The molecule has 17 heavy (non-hydrogen) atoms. The summed E-state index contributed by atoms with van der Waals surface area (Å²) in [4.78, 5) is 14.6. The van der Waals surface area contributed by atoms with E-state index in [1.54, 1.807) is 6.07 Å². The summed E-state index contributed by atoms with van der Waals surface area (Å²) in [6, 6.07) is 4.37. The molecule has 0 amide bonds. The monoisotopic (exact) mass is 230 g/mol. The highest BCUT2D eigenvalue weighted by Gasteiger charge is 2.08. The first-order valence-electron chi connectivity index (χ1n) is 4.65. The van der Waals surface area contributed by atoms with E-state index in [1.165, 1.54) is 25.1 Å². The van der Waals surface area contributed by atoms with E-state index < -0.39 is 5.75 Å². The Labute approximate surface area is 98.0 Å². The number of phenolic OH excluding ortho intramolecular Hbond substituents is 2. The fraction of sp³-hybridized carbons (Fsp3) is 0.0833. The van der Waals surface area contributed by atoms with Gasteiger partial charge >= 0.3 is 0 Å². The van der Waals surface area contributed by atoms with Crippen LogP contribution in [0.5, 0.6) is 11.5 Å². The number of carbonyl (C=O) groups excluding carboxylic acids is 1. The van der Waals surface area contributed by atoms with Gasteiger partial charge < -0.3 is 10.2 Å². The van der Waals surface area contributed by atoms with Gasteiger partial charge in [0.1, 0.15) is 11.8 Å². The molecule has 0 spiro atoms. The number of ketones is 1.